The van der Waals surface area contributed by atoms with Crippen LogP contribution in [-0.2, 0) is 6.54 Å². The predicted molar refractivity (Wildman–Crippen MR) is 82.9 cm³/mol. The molecular weight excluding hydrogens is 250 g/mol. The van der Waals surface area contributed by atoms with E-state index in [2.05, 4.69) is 17.2 Å². The Morgan fingerprint density at radius 3 is 2.85 bits per heavy atom. The fraction of sp³-hybridized carbons (Fsp3) is 0.312. The van der Waals surface area contributed by atoms with Gasteiger partial charge in [-0.25, -0.2) is 0 Å². The maximum absolute atomic E-state index is 5.89. The zero-order valence-electron chi connectivity index (χ0n) is 12.0. The Hall–Kier alpha value is -2.23. The van der Waals surface area contributed by atoms with Crippen LogP contribution in [0.4, 0.5) is 11.4 Å². The molecule has 0 spiro atoms. The lowest BCUT2D eigenvalue weighted by atomic mass is 10.2. The van der Waals surface area contributed by atoms with Gasteiger partial charge < -0.3 is 15.8 Å². The second kappa shape index (κ2) is 6.80. The largest absolute Gasteiger partial charge is 0.491 e. The van der Waals surface area contributed by atoms with E-state index in [1.54, 1.807) is 0 Å². The minimum absolute atomic E-state index is 0.665. The van der Waals surface area contributed by atoms with Crippen molar-refractivity contribution in [2.75, 3.05) is 17.7 Å². The molecular formula is C16H21N3O. The van der Waals surface area contributed by atoms with Gasteiger partial charge in [-0.1, -0.05) is 13.0 Å². The molecule has 1 heterocycles. The number of aromatic nitrogens is 1. The minimum Gasteiger partial charge on any atom is -0.491 e. The minimum atomic E-state index is 0.665. The zero-order valence-corrected chi connectivity index (χ0v) is 12.0. The molecule has 1 aromatic carbocycles. The molecule has 2 aromatic rings. The molecule has 0 saturated heterocycles. The van der Waals surface area contributed by atoms with Crippen molar-refractivity contribution >= 4 is 11.4 Å². The third-order valence-corrected chi connectivity index (χ3v) is 2.89. The number of nitrogens with zero attached hydrogens (tertiary/aromatic N) is 1. The summed E-state index contributed by atoms with van der Waals surface area (Å²) in [6.07, 6.45) is 0.963. The molecule has 4 heteroatoms. The van der Waals surface area contributed by atoms with Gasteiger partial charge in [0.15, 0.2) is 0 Å². The van der Waals surface area contributed by atoms with E-state index >= 15 is 0 Å². The summed E-state index contributed by atoms with van der Waals surface area (Å²) in [5, 5.41) is 3.33. The number of ether oxygens (including phenoxy) is 1. The van der Waals surface area contributed by atoms with E-state index < -0.39 is 0 Å². The summed E-state index contributed by atoms with van der Waals surface area (Å²) >= 11 is 0. The summed E-state index contributed by atoms with van der Waals surface area (Å²) in [5.74, 6) is 0.731. The van der Waals surface area contributed by atoms with Crippen molar-refractivity contribution in [1.29, 1.82) is 0 Å². The lowest BCUT2D eigenvalue weighted by molar-refractivity contribution is 0.319. The number of benzene rings is 1. The van der Waals surface area contributed by atoms with Crippen molar-refractivity contribution < 1.29 is 4.74 Å². The van der Waals surface area contributed by atoms with E-state index in [-0.39, 0.29) is 0 Å². The van der Waals surface area contributed by atoms with Crippen LogP contribution >= 0.6 is 0 Å². The quantitative estimate of drug-likeness (QED) is 0.791. The first-order chi connectivity index (χ1) is 9.69. The van der Waals surface area contributed by atoms with Crippen molar-refractivity contribution in [3.05, 3.63) is 47.8 Å². The number of pyridine rings is 1. The van der Waals surface area contributed by atoms with Gasteiger partial charge in [-0.15, -0.1) is 0 Å². The van der Waals surface area contributed by atoms with Crippen LogP contribution in [0.5, 0.6) is 5.75 Å². The van der Waals surface area contributed by atoms with E-state index in [0.29, 0.717) is 18.8 Å². The molecule has 106 valence electrons. The molecule has 1 aromatic heterocycles. The third kappa shape index (κ3) is 3.88. The van der Waals surface area contributed by atoms with Gasteiger partial charge in [-0.2, -0.15) is 0 Å². The van der Waals surface area contributed by atoms with E-state index in [9.17, 15) is 0 Å². The summed E-state index contributed by atoms with van der Waals surface area (Å²) in [6.45, 7) is 5.41. The standard InChI is InChI=1S/C16H21N3O/c1-3-9-20-16-10-13(7-8-15(16)17)18-11-14-6-4-5-12(2)19-14/h4-8,10,18H,3,9,11,17H2,1-2H3. The number of nitrogens with one attached hydrogen (secondary N) is 1. The van der Waals surface area contributed by atoms with E-state index in [4.69, 9.17) is 10.5 Å². The SMILES string of the molecule is CCCOc1cc(NCc2cccc(C)n2)ccc1N. The second-order valence-electron chi connectivity index (χ2n) is 4.72. The van der Waals surface area contributed by atoms with Crippen LogP contribution in [-0.4, -0.2) is 11.6 Å². The molecule has 0 fully saturated rings. The molecule has 0 unspecified atom stereocenters. The van der Waals surface area contributed by atoms with Gasteiger partial charge in [-0.05, 0) is 37.6 Å². The average Bonchev–Trinajstić information content (AvgIpc) is 2.45. The molecule has 0 radical (unpaired) electrons. The number of rotatable bonds is 6. The number of hydrogen-bond donors (Lipinski definition) is 2. The molecule has 0 aliphatic rings. The van der Waals surface area contributed by atoms with E-state index in [0.717, 1.165) is 29.2 Å². The maximum Gasteiger partial charge on any atom is 0.144 e. The molecule has 0 saturated carbocycles. The van der Waals surface area contributed by atoms with Gasteiger partial charge in [0.05, 0.1) is 24.5 Å². The van der Waals surface area contributed by atoms with Crippen LogP contribution < -0.4 is 15.8 Å². The first kappa shape index (κ1) is 14.2. The molecule has 0 bridgehead atoms. The smallest absolute Gasteiger partial charge is 0.144 e. The fourth-order valence-corrected chi connectivity index (χ4v) is 1.87. The Labute approximate surface area is 120 Å². The van der Waals surface area contributed by atoms with Gasteiger partial charge >= 0.3 is 0 Å². The molecule has 0 aliphatic heterocycles. The number of hydrogen-bond acceptors (Lipinski definition) is 4. The first-order valence-electron chi connectivity index (χ1n) is 6.87. The van der Waals surface area contributed by atoms with Crippen LogP contribution in [0.2, 0.25) is 0 Å². The number of aryl methyl sites for hydroxylation is 1. The molecule has 2 rings (SSSR count). The van der Waals surface area contributed by atoms with Gasteiger partial charge in [0.25, 0.3) is 0 Å². The molecule has 0 aliphatic carbocycles. The van der Waals surface area contributed by atoms with Gasteiger partial charge in [0.1, 0.15) is 5.75 Å². The average molecular weight is 271 g/mol. The highest BCUT2D eigenvalue weighted by molar-refractivity contribution is 5.61. The normalized spacial score (nSPS) is 10.3. The van der Waals surface area contributed by atoms with Gasteiger partial charge in [-0.3, -0.25) is 4.98 Å². The number of anilines is 2. The summed E-state index contributed by atoms with van der Waals surface area (Å²) in [4.78, 5) is 4.46. The second-order valence-corrected chi connectivity index (χ2v) is 4.72. The van der Waals surface area contributed by atoms with E-state index in [1.165, 1.54) is 0 Å². The summed E-state index contributed by atoms with van der Waals surface area (Å²) in [7, 11) is 0. The zero-order chi connectivity index (χ0) is 14.4. The highest BCUT2D eigenvalue weighted by atomic mass is 16.5. The van der Waals surface area contributed by atoms with Crippen molar-refractivity contribution in [2.45, 2.75) is 26.8 Å². The highest BCUT2D eigenvalue weighted by Crippen LogP contribution is 2.25. The van der Waals surface area contributed by atoms with Crippen molar-refractivity contribution in [3.63, 3.8) is 0 Å². The lowest BCUT2D eigenvalue weighted by Gasteiger charge is -2.11. The Morgan fingerprint density at radius 1 is 1.25 bits per heavy atom. The molecule has 0 atom stereocenters. The van der Waals surface area contributed by atoms with Crippen molar-refractivity contribution in [2.24, 2.45) is 0 Å². The first-order valence-corrected chi connectivity index (χ1v) is 6.87. The summed E-state index contributed by atoms with van der Waals surface area (Å²) < 4.78 is 5.62. The van der Waals surface area contributed by atoms with Crippen LogP contribution in [0, 0.1) is 6.92 Å². The Morgan fingerprint density at radius 2 is 2.10 bits per heavy atom. The van der Waals surface area contributed by atoms with Gasteiger partial charge in [0.2, 0.25) is 0 Å². The summed E-state index contributed by atoms with van der Waals surface area (Å²) in [5.41, 5.74) is 9.57. The van der Waals surface area contributed by atoms with Crippen LogP contribution in [0.15, 0.2) is 36.4 Å². The van der Waals surface area contributed by atoms with Crippen LogP contribution in [0.1, 0.15) is 24.7 Å². The monoisotopic (exact) mass is 271 g/mol. The van der Waals surface area contributed by atoms with Gasteiger partial charge in [0, 0.05) is 17.4 Å². The lowest BCUT2D eigenvalue weighted by Crippen LogP contribution is -2.04. The van der Waals surface area contributed by atoms with Crippen molar-refractivity contribution in [3.8, 4) is 5.75 Å². The van der Waals surface area contributed by atoms with Crippen LogP contribution in [0.25, 0.3) is 0 Å². The Kier molecular flexibility index (Phi) is 4.82. The maximum atomic E-state index is 5.89. The van der Waals surface area contributed by atoms with Crippen LogP contribution in [0.3, 0.4) is 0 Å². The number of nitrogens with two attached hydrogens (primary N) is 1. The topological polar surface area (TPSA) is 60.2 Å². The van der Waals surface area contributed by atoms with E-state index in [1.807, 2.05) is 43.3 Å². The Bertz CT molecular complexity index is 569. The Balaban J connectivity index is 2.02. The number of nitrogen functional groups attached to an aromatic ring is 1. The fourth-order valence-electron chi connectivity index (χ4n) is 1.87. The predicted octanol–water partition coefficient (Wildman–Crippen LogP) is 3.37. The molecule has 4 nitrogen and oxygen atoms in total. The molecule has 20 heavy (non-hydrogen) atoms. The highest BCUT2D eigenvalue weighted by Gasteiger charge is 2.02. The summed E-state index contributed by atoms with van der Waals surface area (Å²) in [6, 6.07) is 11.7. The van der Waals surface area contributed by atoms with Crippen molar-refractivity contribution in [1.82, 2.24) is 4.98 Å². The third-order valence-electron chi connectivity index (χ3n) is 2.89. The molecule has 0 amide bonds. The molecule has 3 N–H and O–H groups in total.